The molecule has 2 aromatic carbocycles. The Morgan fingerprint density at radius 1 is 1.04 bits per heavy atom. The molecule has 2 aromatic rings. The molecule has 5 nitrogen and oxygen atoms in total. The molecule has 0 amide bonds. The van der Waals surface area contributed by atoms with Crippen molar-refractivity contribution < 1.29 is 9.66 Å². The van der Waals surface area contributed by atoms with E-state index in [1.165, 1.54) is 31.4 Å². The van der Waals surface area contributed by atoms with E-state index in [9.17, 15) is 10.1 Å². The monoisotopic (exact) mass is 340 g/mol. The van der Waals surface area contributed by atoms with Gasteiger partial charge in [-0.05, 0) is 53.9 Å². The third kappa shape index (κ3) is 6.75. The van der Waals surface area contributed by atoms with Crippen LogP contribution < -0.4 is 4.74 Å². The highest BCUT2D eigenvalue weighted by Gasteiger charge is 2.04. The zero-order valence-electron chi connectivity index (χ0n) is 14.6. The highest BCUT2D eigenvalue weighted by molar-refractivity contribution is 5.79. The average molecular weight is 340 g/mol. The van der Waals surface area contributed by atoms with Crippen LogP contribution in [0.2, 0.25) is 0 Å². The van der Waals surface area contributed by atoms with Crippen LogP contribution in [0.3, 0.4) is 0 Å². The van der Waals surface area contributed by atoms with Crippen LogP contribution in [-0.2, 0) is 6.61 Å². The first-order chi connectivity index (χ1) is 12.2. The van der Waals surface area contributed by atoms with Crippen molar-refractivity contribution in [1.82, 2.24) is 0 Å². The number of benzene rings is 2. The molecule has 0 N–H and O–H groups in total. The fourth-order valence-electron chi connectivity index (χ4n) is 2.33. The Balaban J connectivity index is 1.78. The Labute approximate surface area is 148 Å². The maximum atomic E-state index is 10.6. The van der Waals surface area contributed by atoms with Crippen molar-refractivity contribution >= 4 is 11.9 Å². The molecule has 0 radical (unpaired) electrons. The number of ether oxygens (including phenoxy) is 1. The van der Waals surface area contributed by atoms with E-state index in [4.69, 9.17) is 4.74 Å². The fraction of sp³-hybridized carbons (Fsp3) is 0.350. The van der Waals surface area contributed by atoms with E-state index >= 15 is 0 Å². The van der Waals surface area contributed by atoms with E-state index in [0.717, 1.165) is 29.8 Å². The quantitative estimate of drug-likeness (QED) is 0.259. The summed E-state index contributed by atoms with van der Waals surface area (Å²) in [5.41, 5.74) is 2.03. The summed E-state index contributed by atoms with van der Waals surface area (Å²) < 4.78 is 5.70. The summed E-state index contributed by atoms with van der Waals surface area (Å²) >= 11 is 0. The van der Waals surface area contributed by atoms with Gasteiger partial charge in [-0.2, -0.15) is 0 Å². The SMILES string of the molecule is CCCCCCN=Cc1ccc(OCc2ccc([N+](=O)[O-])cc2)cc1. The molecule has 0 heterocycles. The molecular formula is C20H24N2O3. The Morgan fingerprint density at radius 2 is 1.76 bits per heavy atom. The first-order valence-corrected chi connectivity index (χ1v) is 8.65. The zero-order valence-corrected chi connectivity index (χ0v) is 14.6. The number of nitrogens with zero attached hydrogens (tertiary/aromatic N) is 2. The number of unbranched alkanes of at least 4 members (excludes halogenated alkanes) is 3. The Morgan fingerprint density at radius 3 is 2.40 bits per heavy atom. The van der Waals surface area contributed by atoms with Crippen LogP contribution in [0.5, 0.6) is 5.75 Å². The fourth-order valence-corrected chi connectivity index (χ4v) is 2.33. The highest BCUT2D eigenvalue weighted by Crippen LogP contribution is 2.16. The summed E-state index contributed by atoms with van der Waals surface area (Å²) in [6.45, 7) is 3.45. The van der Waals surface area contributed by atoms with Gasteiger partial charge in [0.15, 0.2) is 0 Å². The first-order valence-electron chi connectivity index (χ1n) is 8.65. The normalized spacial score (nSPS) is 10.9. The number of nitro groups is 1. The van der Waals surface area contributed by atoms with Gasteiger partial charge in [0, 0.05) is 24.9 Å². The lowest BCUT2D eigenvalue weighted by atomic mass is 10.2. The Bertz CT molecular complexity index is 679. The van der Waals surface area contributed by atoms with Crippen molar-refractivity contribution in [2.75, 3.05) is 6.54 Å². The van der Waals surface area contributed by atoms with Crippen LogP contribution in [0.15, 0.2) is 53.5 Å². The largest absolute Gasteiger partial charge is 0.489 e. The summed E-state index contributed by atoms with van der Waals surface area (Å²) in [4.78, 5) is 14.7. The number of hydrogen-bond acceptors (Lipinski definition) is 4. The van der Waals surface area contributed by atoms with Gasteiger partial charge in [0.25, 0.3) is 5.69 Å². The Kier molecular flexibility index (Phi) is 7.63. The standard InChI is InChI=1S/C20H24N2O3/c1-2-3-4-5-14-21-15-17-8-12-20(13-9-17)25-16-18-6-10-19(11-7-18)22(23)24/h6-13,15H,2-5,14,16H2,1H3. The van der Waals surface area contributed by atoms with E-state index in [1.807, 2.05) is 30.5 Å². The molecule has 0 aromatic heterocycles. The van der Waals surface area contributed by atoms with Crippen molar-refractivity contribution in [3.8, 4) is 5.75 Å². The molecule has 0 unspecified atom stereocenters. The lowest BCUT2D eigenvalue weighted by molar-refractivity contribution is -0.384. The van der Waals surface area contributed by atoms with Gasteiger partial charge < -0.3 is 4.74 Å². The molecule has 132 valence electrons. The zero-order chi connectivity index (χ0) is 17.9. The van der Waals surface area contributed by atoms with Crippen molar-refractivity contribution in [1.29, 1.82) is 0 Å². The molecule has 0 saturated heterocycles. The van der Waals surface area contributed by atoms with Gasteiger partial charge >= 0.3 is 0 Å². The summed E-state index contributed by atoms with van der Waals surface area (Å²) in [5, 5.41) is 10.6. The van der Waals surface area contributed by atoms with Crippen LogP contribution in [0, 0.1) is 10.1 Å². The molecule has 0 atom stereocenters. The third-order valence-corrected chi connectivity index (χ3v) is 3.81. The van der Waals surface area contributed by atoms with Gasteiger partial charge in [-0.15, -0.1) is 0 Å². The maximum Gasteiger partial charge on any atom is 0.269 e. The predicted molar refractivity (Wildman–Crippen MR) is 100 cm³/mol. The summed E-state index contributed by atoms with van der Waals surface area (Å²) in [6, 6.07) is 14.1. The molecule has 25 heavy (non-hydrogen) atoms. The maximum absolute atomic E-state index is 10.6. The molecule has 5 heteroatoms. The molecule has 0 saturated carbocycles. The van der Waals surface area contributed by atoms with E-state index in [2.05, 4.69) is 11.9 Å². The number of non-ortho nitro benzene ring substituents is 1. The van der Waals surface area contributed by atoms with E-state index in [-0.39, 0.29) is 5.69 Å². The highest BCUT2D eigenvalue weighted by atomic mass is 16.6. The van der Waals surface area contributed by atoms with Crippen LogP contribution in [0.4, 0.5) is 5.69 Å². The smallest absolute Gasteiger partial charge is 0.269 e. The van der Waals surface area contributed by atoms with Gasteiger partial charge in [-0.25, -0.2) is 0 Å². The van der Waals surface area contributed by atoms with Gasteiger partial charge in [0.2, 0.25) is 0 Å². The predicted octanol–water partition coefficient (Wildman–Crippen LogP) is 5.17. The van der Waals surface area contributed by atoms with Crippen molar-refractivity contribution in [3.63, 3.8) is 0 Å². The van der Waals surface area contributed by atoms with Gasteiger partial charge in [-0.3, -0.25) is 15.1 Å². The van der Waals surface area contributed by atoms with Gasteiger partial charge in [0.05, 0.1) is 4.92 Å². The number of rotatable bonds is 10. The third-order valence-electron chi connectivity index (χ3n) is 3.81. The van der Waals surface area contributed by atoms with Crippen LogP contribution in [-0.4, -0.2) is 17.7 Å². The molecule has 0 aliphatic heterocycles. The first kappa shape index (κ1) is 18.6. The van der Waals surface area contributed by atoms with Crippen LogP contribution in [0.1, 0.15) is 43.7 Å². The van der Waals surface area contributed by atoms with Crippen molar-refractivity contribution in [3.05, 3.63) is 69.8 Å². The van der Waals surface area contributed by atoms with Crippen molar-refractivity contribution in [2.24, 2.45) is 4.99 Å². The summed E-state index contributed by atoms with van der Waals surface area (Å²) in [5.74, 6) is 0.762. The molecular weight excluding hydrogens is 316 g/mol. The second-order valence-corrected chi connectivity index (χ2v) is 5.88. The minimum atomic E-state index is -0.408. The van der Waals surface area contributed by atoms with Crippen molar-refractivity contribution in [2.45, 2.75) is 39.2 Å². The Hall–Kier alpha value is -2.69. The van der Waals surface area contributed by atoms with E-state index in [1.54, 1.807) is 12.1 Å². The van der Waals surface area contributed by atoms with Crippen LogP contribution >= 0.6 is 0 Å². The molecule has 0 spiro atoms. The van der Waals surface area contributed by atoms with Gasteiger partial charge in [0.1, 0.15) is 12.4 Å². The molecule has 0 bridgehead atoms. The second kappa shape index (κ2) is 10.2. The number of nitro benzene ring substituents is 1. The lowest BCUT2D eigenvalue weighted by Gasteiger charge is -2.06. The van der Waals surface area contributed by atoms with Gasteiger partial charge in [-0.1, -0.05) is 26.2 Å². The number of hydrogen-bond donors (Lipinski definition) is 0. The second-order valence-electron chi connectivity index (χ2n) is 5.88. The molecule has 0 aliphatic rings. The minimum absolute atomic E-state index is 0.0853. The van der Waals surface area contributed by atoms with E-state index in [0.29, 0.717) is 6.61 Å². The number of aliphatic imine (C=N–C) groups is 1. The average Bonchev–Trinajstić information content (AvgIpc) is 2.64. The molecule has 2 rings (SSSR count). The molecule has 0 fully saturated rings. The van der Waals surface area contributed by atoms with E-state index < -0.39 is 4.92 Å². The van der Waals surface area contributed by atoms with Crippen LogP contribution in [0.25, 0.3) is 0 Å². The summed E-state index contributed by atoms with van der Waals surface area (Å²) in [6.07, 6.45) is 6.79. The minimum Gasteiger partial charge on any atom is -0.489 e. The summed E-state index contributed by atoms with van der Waals surface area (Å²) in [7, 11) is 0. The lowest BCUT2D eigenvalue weighted by Crippen LogP contribution is -1.96. The molecule has 0 aliphatic carbocycles. The topological polar surface area (TPSA) is 64.7 Å².